The molecule has 7 nitrogen and oxygen atoms in total. The minimum Gasteiger partial charge on any atom is -0.370 e. The van der Waals surface area contributed by atoms with Gasteiger partial charge in [-0.2, -0.15) is 5.10 Å². The van der Waals surface area contributed by atoms with Gasteiger partial charge in [0.05, 0.1) is 17.4 Å². The first-order valence-electron chi connectivity index (χ1n) is 7.13. The van der Waals surface area contributed by atoms with Gasteiger partial charge in [0.1, 0.15) is 0 Å². The van der Waals surface area contributed by atoms with Crippen molar-refractivity contribution in [1.29, 1.82) is 0 Å². The van der Waals surface area contributed by atoms with E-state index in [1.807, 2.05) is 0 Å². The lowest BCUT2D eigenvalue weighted by Crippen LogP contribution is -2.50. The third-order valence-electron chi connectivity index (χ3n) is 3.74. The van der Waals surface area contributed by atoms with Crippen molar-refractivity contribution in [2.75, 3.05) is 24.5 Å². The van der Waals surface area contributed by atoms with Crippen molar-refractivity contribution in [3.63, 3.8) is 0 Å². The second-order valence-electron chi connectivity index (χ2n) is 6.21. The third kappa shape index (κ3) is 3.81. The van der Waals surface area contributed by atoms with Gasteiger partial charge < -0.3 is 16.0 Å². The molecule has 1 aromatic heterocycles. The topological polar surface area (TPSA) is 93.2 Å². The summed E-state index contributed by atoms with van der Waals surface area (Å²) in [5.41, 5.74) is 5.61. The van der Waals surface area contributed by atoms with E-state index in [1.165, 1.54) is 4.68 Å². The van der Waals surface area contributed by atoms with Crippen LogP contribution in [0.15, 0.2) is 17.1 Å². The van der Waals surface area contributed by atoms with Crippen molar-refractivity contribution >= 4 is 11.6 Å². The number of nitrogens with zero attached hydrogens (tertiary/aromatic N) is 3. The number of aryl methyl sites for hydroxylation is 1. The number of nitrogens with one attached hydrogen (secondary N) is 1. The molecule has 2 rings (SSSR count). The molecule has 1 fully saturated rings. The van der Waals surface area contributed by atoms with Crippen molar-refractivity contribution in [2.24, 2.45) is 18.7 Å². The number of aromatic nitrogens is 2. The first-order chi connectivity index (χ1) is 9.77. The summed E-state index contributed by atoms with van der Waals surface area (Å²) in [7, 11) is 1.63. The molecule has 1 atom stereocenters. The number of carbonyl (C=O) groups excluding carboxylic acids is 1. The number of nitrogens with two attached hydrogens (primary N) is 1. The quantitative estimate of drug-likeness (QED) is 0.778. The van der Waals surface area contributed by atoms with Gasteiger partial charge in [-0.25, -0.2) is 4.68 Å². The SMILES string of the molecule is Cn1ncc(N2CCC(CNC(=O)C(C)(C)N)C2)cc1=O. The first kappa shape index (κ1) is 15.5. The lowest BCUT2D eigenvalue weighted by atomic mass is 10.1. The average Bonchev–Trinajstić information content (AvgIpc) is 2.87. The molecule has 1 aromatic rings. The van der Waals surface area contributed by atoms with Crippen LogP contribution in [0.5, 0.6) is 0 Å². The highest BCUT2D eigenvalue weighted by Crippen LogP contribution is 2.21. The molecule has 7 heteroatoms. The van der Waals surface area contributed by atoms with E-state index in [0.717, 1.165) is 25.2 Å². The summed E-state index contributed by atoms with van der Waals surface area (Å²) >= 11 is 0. The van der Waals surface area contributed by atoms with Crippen molar-refractivity contribution in [2.45, 2.75) is 25.8 Å². The Morgan fingerprint density at radius 1 is 1.57 bits per heavy atom. The van der Waals surface area contributed by atoms with E-state index >= 15 is 0 Å². The van der Waals surface area contributed by atoms with Gasteiger partial charge in [0.25, 0.3) is 5.56 Å². The summed E-state index contributed by atoms with van der Waals surface area (Å²) < 4.78 is 1.31. The summed E-state index contributed by atoms with van der Waals surface area (Å²) in [4.78, 5) is 25.5. The van der Waals surface area contributed by atoms with Crippen LogP contribution in [0.3, 0.4) is 0 Å². The summed E-state index contributed by atoms with van der Waals surface area (Å²) in [6, 6.07) is 1.59. The van der Waals surface area contributed by atoms with Crippen molar-refractivity contribution in [3.8, 4) is 0 Å². The second kappa shape index (κ2) is 5.85. The zero-order valence-corrected chi connectivity index (χ0v) is 12.8. The summed E-state index contributed by atoms with van der Waals surface area (Å²) in [6.45, 7) is 5.65. The van der Waals surface area contributed by atoms with E-state index in [9.17, 15) is 9.59 Å². The Morgan fingerprint density at radius 2 is 2.29 bits per heavy atom. The van der Waals surface area contributed by atoms with Gasteiger partial charge in [0, 0.05) is 32.7 Å². The van der Waals surface area contributed by atoms with E-state index in [1.54, 1.807) is 33.2 Å². The standard InChI is InChI=1S/C14H23N5O2/c1-14(2,15)13(21)16-7-10-4-5-19(9-10)11-6-12(20)18(3)17-8-11/h6,8,10H,4-5,7,9,15H2,1-3H3,(H,16,21). The predicted octanol–water partition coefficient (Wildman–Crippen LogP) is -0.540. The molecule has 1 aliphatic rings. The first-order valence-corrected chi connectivity index (χ1v) is 7.13. The Kier molecular flexibility index (Phi) is 4.32. The largest absolute Gasteiger partial charge is 0.370 e. The van der Waals surface area contributed by atoms with Crippen molar-refractivity contribution in [3.05, 3.63) is 22.6 Å². The summed E-state index contributed by atoms with van der Waals surface area (Å²) in [5, 5.41) is 6.92. The number of carbonyl (C=O) groups is 1. The highest BCUT2D eigenvalue weighted by Gasteiger charge is 2.26. The predicted molar refractivity (Wildman–Crippen MR) is 81.1 cm³/mol. The maximum atomic E-state index is 11.8. The van der Waals surface area contributed by atoms with Gasteiger partial charge >= 0.3 is 0 Å². The molecular formula is C14H23N5O2. The third-order valence-corrected chi connectivity index (χ3v) is 3.74. The molecule has 0 radical (unpaired) electrons. The van der Waals surface area contributed by atoms with Gasteiger partial charge in [-0.05, 0) is 26.2 Å². The monoisotopic (exact) mass is 293 g/mol. The van der Waals surface area contributed by atoms with E-state index in [4.69, 9.17) is 5.73 Å². The molecule has 2 heterocycles. The van der Waals surface area contributed by atoms with Crippen molar-refractivity contribution < 1.29 is 4.79 Å². The minimum absolute atomic E-state index is 0.117. The van der Waals surface area contributed by atoms with Crippen LogP contribution in [-0.4, -0.2) is 40.9 Å². The van der Waals surface area contributed by atoms with E-state index in [-0.39, 0.29) is 11.5 Å². The Labute approximate surface area is 124 Å². The van der Waals surface area contributed by atoms with Crippen molar-refractivity contribution in [1.82, 2.24) is 15.1 Å². The molecule has 0 bridgehead atoms. The Hall–Kier alpha value is -1.89. The molecule has 1 amide bonds. The van der Waals surface area contributed by atoms with E-state index in [0.29, 0.717) is 12.5 Å². The van der Waals surface area contributed by atoms with Gasteiger partial charge in [-0.15, -0.1) is 0 Å². The Morgan fingerprint density at radius 3 is 2.90 bits per heavy atom. The number of rotatable bonds is 4. The van der Waals surface area contributed by atoms with Gasteiger partial charge in [-0.1, -0.05) is 0 Å². The van der Waals surface area contributed by atoms with E-state index < -0.39 is 5.54 Å². The molecule has 116 valence electrons. The molecule has 0 spiro atoms. The lowest BCUT2D eigenvalue weighted by molar-refractivity contribution is -0.125. The van der Waals surface area contributed by atoms with Crippen LogP contribution in [0.25, 0.3) is 0 Å². The molecule has 3 N–H and O–H groups in total. The number of anilines is 1. The number of hydrogen-bond donors (Lipinski definition) is 2. The maximum absolute atomic E-state index is 11.8. The zero-order valence-electron chi connectivity index (χ0n) is 12.8. The van der Waals surface area contributed by atoms with Crippen LogP contribution in [0.4, 0.5) is 5.69 Å². The highest BCUT2D eigenvalue weighted by molar-refractivity contribution is 5.85. The minimum atomic E-state index is -0.853. The molecule has 21 heavy (non-hydrogen) atoms. The molecule has 0 saturated carbocycles. The van der Waals surface area contributed by atoms with Crippen LogP contribution in [0, 0.1) is 5.92 Å². The molecule has 1 aliphatic heterocycles. The van der Waals surface area contributed by atoms with Gasteiger partial charge in [-0.3, -0.25) is 9.59 Å². The van der Waals surface area contributed by atoms with Crippen LogP contribution in [0.2, 0.25) is 0 Å². The zero-order chi connectivity index (χ0) is 15.6. The Balaban J connectivity index is 1.90. The number of amides is 1. The molecule has 1 saturated heterocycles. The number of hydrogen-bond acceptors (Lipinski definition) is 5. The van der Waals surface area contributed by atoms with Gasteiger partial charge in [0.15, 0.2) is 0 Å². The van der Waals surface area contributed by atoms with Crippen LogP contribution >= 0.6 is 0 Å². The van der Waals surface area contributed by atoms with Crippen LogP contribution < -0.4 is 21.5 Å². The fourth-order valence-electron chi connectivity index (χ4n) is 2.33. The van der Waals surface area contributed by atoms with Crippen LogP contribution in [0.1, 0.15) is 20.3 Å². The lowest BCUT2D eigenvalue weighted by Gasteiger charge is -2.21. The maximum Gasteiger partial charge on any atom is 0.268 e. The summed E-state index contributed by atoms with van der Waals surface area (Å²) in [6.07, 6.45) is 2.67. The summed E-state index contributed by atoms with van der Waals surface area (Å²) in [5.74, 6) is 0.219. The smallest absolute Gasteiger partial charge is 0.268 e. The molecule has 0 aliphatic carbocycles. The fourth-order valence-corrected chi connectivity index (χ4v) is 2.33. The molecule has 1 unspecified atom stereocenters. The molecular weight excluding hydrogens is 270 g/mol. The van der Waals surface area contributed by atoms with Crippen LogP contribution in [-0.2, 0) is 11.8 Å². The van der Waals surface area contributed by atoms with Gasteiger partial charge in [0.2, 0.25) is 5.91 Å². The highest BCUT2D eigenvalue weighted by atomic mass is 16.2. The normalized spacial score (nSPS) is 18.9. The average molecular weight is 293 g/mol. The second-order valence-corrected chi connectivity index (χ2v) is 6.21. The fraction of sp³-hybridized carbons (Fsp3) is 0.643. The Bertz CT molecular complexity index is 575. The van der Waals surface area contributed by atoms with E-state index in [2.05, 4.69) is 15.3 Å². The molecule has 0 aromatic carbocycles.